The maximum absolute atomic E-state index is 4.45. The van der Waals surface area contributed by atoms with Gasteiger partial charge in [-0.2, -0.15) is 5.10 Å². The Morgan fingerprint density at radius 2 is 2.00 bits per heavy atom. The molecule has 2 fully saturated rings. The Morgan fingerprint density at radius 1 is 1.20 bits per heavy atom. The summed E-state index contributed by atoms with van der Waals surface area (Å²) in [7, 11) is 0. The highest BCUT2D eigenvalue weighted by Gasteiger charge is 2.30. The average molecular weight is 274 g/mol. The van der Waals surface area contributed by atoms with Gasteiger partial charge in [0.05, 0.1) is 5.69 Å². The Hall–Kier alpha value is -1.16. The van der Waals surface area contributed by atoms with Crippen LogP contribution in [0.15, 0.2) is 12.1 Å². The first kappa shape index (κ1) is 13.8. The van der Waals surface area contributed by atoms with Gasteiger partial charge in [-0.05, 0) is 50.2 Å². The lowest BCUT2D eigenvalue weighted by Gasteiger charge is -2.24. The summed E-state index contributed by atoms with van der Waals surface area (Å²) in [6, 6.07) is 5.71. The molecule has 4 nitrogen and oxygen atoms in total. The van der Waals surface area contributed by atoms with Crippen molar-refractivity contribution >= 4 is 5.82 Å². The van der Waals surface area contributed by atoms with Gasteiger partial charge in [-0.1, -0.05) is 13.8 Å². The van der Waals surface area contributed by atoms with Gasteiger partial charge in [0, 0.05) is 25.2 Å². The Bertz CT molecular complexity index is 421. The number of nitrogens with zero attached hydrogens (tertiary/aromatic N) is 3. The normalized spacial score (nSPS) is 18.6. The highest BCUT2D eigenvalue weighted by Crippen LogP contribution is 2.30. The van der Waals surface area contributed by atoms with Crippen LogP contribution in [0, 0.1) is 5.92 Å². The summed E-state index contributed by atoms with van der Waals surface area (Å²) >= 11 is 0. The summed E-state index contributed by atoms with van der Waals surface area (Å²) < 4.78 is 0. The van der Waals surface area contributed by atoms with E-state index < -0.39 is 0 Å². The van der Waals surface area contributed by atoms with Gasteiger partial charge in [-0.15, -0.1) is 5.10 Å². The molecule has 0 spiro atoms. The van der Waals surface area contributed by atoms with Crippen LogP contribution in [0.5, 0.6) is 0 Å². The summed E-state index contributed by atoms with van der Waals surface area (Å²) in [5.41, 5.74) is 1.06. The summed E-state index contributed by atoms with van der Waals surface area (Å²) in [5.74, 6) is 1.80. The highest BCUT2D eigenvalue weighted by atomic mass is 15.3. The minimum absolute atomic E-state index is 0.707. The van der Waals surface area contributed by atoms with E-state index in [1.165, 1.54) is 32.1 Å². The van der Waals surface area contributed by atoms with Crippen molar-refractivity contribution in [1.29, 1.82) is 0 Å². The van der Waals surface area contributed by atoms with Gasteiger partial charge < -0.3 is 10.2 Å². The highest BCUT2D eigenvalue weighted by molar-refractivity contribution is 5.40. The van der Waals surface area contributed by atoms with Gasteiger partial charge in [0.15, 0.2) is 5.82 Å². The molecule has 2 saturated carbocycles. The summed E-state index contributed by atoms with van der Waals surface area (Å²) in [5, 5.41) is 12.3. The van der Waals surface area contributed by atoms with Crippen molar-refractivity contribution in [1.82, 2.24) is 15.5 Å². The number of rotatable bonds is 8. The first-order valence-corrected chi connectivity index (χ1v) is 8.05. The number of nitrogens with one attached hydrogen (secondary N) is 1. The predicted octanol–water partition coefficient (Wildman–Crippen LogP) is 2.74. The van der Waals surface area contributed by atoms with Crippen molar-refractivity contribution in [2.24, 2.45) is 5.92 Å². The third-order valence-electron chi connectivity index (χ3n) is 4.08. The zero-order chi connectivity index (χ0) is 13.9. The lowest BCUT2D eigenvalue weighted by Crippen LogP contribution is -2.29. The van der Waals surface area contributed by atoms with Gasteiger partial charge in [0.2, 0.25) is 0 Å². The van der Waals surface area contributed by atoms with Crippen LogP contribution in [-0.4, -0.2) is 28.8 Å². The molecule has 110 valence electrons. The fourth-order valence-corrected chi connectivity index (χ4v) is 2.40. The van der Waals surface area contributed by atoms with Crippen molar-refractivity contribution in [3.05, 3.63) is 17.8 Å². The Labute approximate surface area is 122 Å². The number of hydrogen-bond acceptors (Lipinski definition) is 4. The van der Waals surface area contributed by atoms with E-state index in [-0.39, 0.29) is 0 Å². The van der Waals surface area contributed by atoms with E-state index in [0.29, 0.717) is 6.04 Å². The second-order valence-electron chi connectivity index (χ2n) is 6.65. The molecule has 1 aromatic heterocycles. The first-order valence-electron chi connectivity index (χ1n) is 8.05. The zero-order valence-corrected chi connectivity index (χ0v) is 12.7. The minimum atomic E-state index is 0.707. The van der Waals surface area contributed by atoms with E-state index in [1.807, 2.05) is 0 Å². The second kappa shape index (κ2) is 6.08. The van der Waals surface area contributed by atoms with Gasteiger partial charge in [-0.25, -0.2) is 0 Å². The maximum atomic E-state index is 4.45. The quantitative estimate of drug-likeness (QED) is 0.791. The Kier molecular flexibility index (Phi) is 4.20. The molecule has 4 heteroatoms. The van der Waals surface area contributed by atoms with E-state index in [9.17, 15) is 0 Å². The van der Waals surface area contributed by atoms with Crippen molar-refractivity contribution < 1.29 is 0 Å². The summed E-state index contributed by atoms with van der Waals surface area (Å²) in [4.78, 5) is 2.45. The Morgan fingerprint density at radius 3 is 2.55 bits per heavy atom. The first-order chi connectivity index (χ1) is 9.72. The van der Waals surface area contributed by atoms with Gasteiger partial charge in [0.25, 0.3) is 0 Å². The fraction of sp³-hybridized carbons (Fsp3) is 0.750. The molecule has 1 heterocycles. The van der Waals surface area contributed by atoms with Crippen LogP contribution in [0.4, 0.5) is 5.82 Å². The van der Waals surface area contributed by atoms with Crippen molar-refractivity contribution in [2.75, 3.05) is 11.4 Å². The number of anilines is 1. The van der Waals surface area contributed by atoms with Gasteiger partial charge in [0.1, 0.15) is 0 Å². The predicted molar refractivity (Wildman–Crippen MR) is 81.7 cm³/mol. The topological polar surface area (TPSA) is 41.0 Å². The van der Waals surface area contributed by atoms with Gasteiger partial charge in [-0.3, -0.25) is 0 Å². The fourth-order valence-electron chi connectivity index (χ4n) is 2.40. The molecule has 0 atom stereocenters. The second-order valence-corrected chi connectivity index (χ2v) is 6.65. The van der Waals surface area contributed by atoms with Gasteiger partial charge >= 0.3 is 0 Å². The monoisotopic (exact) mass is 274 g/mol. The zero-order valence-electron chi connectivity index (χ0n) is 12.7. The van der Waals surface area contributed by atoms with E-state index in [4.69, 9.17) is 0 Å². The van der Waals surface area contributed by atoms with Crippen molar-refractivity contribution in [3.63, 3.8) is 0 Å². The molecule has 20 heavy (non-hydrogen) atoms. The molecule has 2 aliphatic carbocycles. The van der Waals surface area contributed by atoms with E-state index in [0.717, 1.165) is 36.6 Å². The molecular weight excluding hydrogens is 248 g/mol. The lowest BCUT2D eigenvalue weighted by atomic mass is 10.1. The standard InChI is InChI=1S/C16H26N4/c1-12(2)9-10-20(15-6-7-15)16-8-5-14(18-19-16)11-17-13-3-4-13/h5,8,12-13,15,17H,3-4,6-7,9-11H2,1-2H3. The molecule has 1 aromatic rings. The molecule has 0 bridgehead atoms. The molecule has 1 N–H and O–H groups in total. The van der Waals surface area contributed by atoms with Crippen molar-refractivity contribution in [2.45, 2.75) is 64.6 Å². The van der Waals surface area contributed by atoms with Crippen LogP contribution in [-0.2, 0) is 6.54 Å². The van der Waals surface area contributed by atoms with Crippen LogP contribution >= 0.6 is 0 Å². The molecule has 0 radical (unpaired) electrons. The third-order valence-corrected chi connectivity index (χ3v) is 4.08. The molecule has 0 saturated heterocycles. The number of aromatic nitrogens is 2. The van der Waals surface area contributed by atoms with E-state index in [1.54, 1.807) is 0 Å². The molecular formula is C16H26N4. The van der Waals surface area contributed by atoms with Crippen LogP contribution < -0.4 is 10.2 Å². The molecule has 2 aliphatic rings. The SMILES string of the molecule is CC(C)CCN(c1ccc(CNC2CC2)nn1)C1CC1. The smallest absolute Gasteiger partial charge is 0.151 e. The molecule has 0 amide bonds. The molecule has 0 unspecified atom stereocenters. The summed E-state index contributed by atoms with van der Waals surface area (Å²) in [6.07, 6.45) is 6.48. The molecule has 0 aromatic carbocycles. The maximum Gasteiger partial charge on any atom is 0.151 e. The molecule has 0 aliphatic heterocycles. The van der Waals surface area contributed by atoms with Crippen molar-refractivity contribution in [3.8, 4) is 0 Å². The lowest BCUT2D eigenvalue weighted by molar-refractivity contribution is 0.566. The van der Waals surface area contributed by atoms with E-state index in [2.05, 4.69) is 46.4 Å². The molecule has 3 rings (SSSR count). The van der Waals surface area contributed by atoms with E-state index >= 15 is 0 Å². The van der Waals surface area contributed by atoms with Crippen LogP contribution in [0.25, 0.3) is 0 Å². The summed E-state index contributed by atoms with van der Waals surface area (Å²) in [6.45, 7) is 6.52. The average Bonchev–Trinajstić information content (AvgIpc) is 3.31. The van der Waals surface area contributed by atoms with Crippen LogP contribution in [0.2, 0.25) is 0 Å². The minimum Gasteiger partial charge on any atom is -0.352 e. The van der Waals surface area contributed by atoms with Crippen LogP contribution in [0.3, 0.4) is 0 Å². The van der Waals surface area contributed by atoms with Crippen LogP contribution in [0.1, 0.15) is 51.6 Å². The third kappa shape index (κ3) is 3.92. The Balaban J connectivity index is 1.58. The largest absolute Gasteiger partial charge is 0.352 e. The number of hydrogen-bond donors (Lipinski definition) is 1.